The second-order valence-electron chi connectivity index (χ2n) is 8.00. The number of carbonyl (C=O) groups is 1. The van der Waals surface area contributed by atoms with Gasteiger partial charge in [0.25, 0.3) is 0 Å². The Labute approximate surface area is 176 Å². The third kappa shape index (κ3) is 4.09. The lowest BCUT2D eigenvalue weighted by Crippen LogP contribution is -2.49. The number of nitrogens with zero attached hydrogens (tertiary/aromatic N) is 4. The molecule has 2 aliphatic rings. The predicted molar refractivity (Wildman–Crippen MR) is 113 cm³/mol. The number of aromatic nitrogens is 2. The van der Waals surface area contributed by atoms with E-state index in [0.717, 1.165) is 35.5 Å². The molecule has 0 atom stereocenters. The first-order chi connectivity index (χ1) is 14.0. The molecule has 154 valence electrons. The molecule has 29 heavy (non-hydrogen) atoms. The number of halogens is 1. The highest BCUT2D eigenvalue weighted by Crippen LogP contribution is 2.40. The van der Waals surface area contributed by atoms with Crippen molar-refractivity contribution in [3.8, 4) is 0 Å². The van der Waals surface area contributed by atoms with Crippen molar-refractivity contribution in [2.24, 2.45) is 0 Å². The molecule has 4 rings (SSSR count). The summed E-state index contributed by atoms with van der Waals surface area (Å²) in [7, 11) is 3.89. The molecular formula is C22H27ClN4O2. The van der Waals surface area contributed by atoms with E-state index in [4.69, 9.17) is 21.3 Å². The molecule has 1 aromatic carbocycles. The number of likely N-dealkylation sites (tertiary alicyclic amines) is 1. The second kappa shape index (κ2) is 8.28. The maximum Gasteiger partial charge on any atom is 0.225 e. The van der Waals surface area contributed by atoms with Crippen molar-refractivity contribution in [2.45, 2.75) is 37.7 Å². The summed E-state index contributed by atoms with van der Waals surface area (Å²) in [5.41, 5.74) is 2.79. The van der Waals surface area contributed by atoms with Gasteiger partial charge < -0.3 is 14.5 Å². The average molecular weight is 415 g/mol. The van der Waals surface area contributed by atoms with Crippen LogP contribution in [0.2, 0.25) is 5.02 Å². The van der Waals surface area contributed by atoms with Crippen LogP contribution in [0.4, 0.5) is 5.95 Å². The normalized spacial score (nSPS) is 17.8. The summed E-state index contributed by atoms with van der Waals surface area (Å²) in [5, 5.41) is 0.724. The number of piperidine rings is 1. The molecular weight excluding hydrogens is 388 g/mol. The highest BCUT2D eigenvalue weighted by molar-refractivity contribution is 6.31. The van der Waals surface area contributed by atoms with Crippen LogP contribution in [0.3, 0.4) is 0 Å². The van der Waals surface area contributed by atoms with Gasteiger partial charge in [-0.1, -0.05) is 29.8 Å². The molecule has 6 nitrogen and oxygen atoms in total. The van der Waals surface area contributed by atoms with Gasteiger partial charge in [-0.2, -0.15) is 0 Å². The topological polar surface area (TPSA) is 58.6 Å². The summed E-state index contributed by atoms with van der Waals surface area (Å²) in [5.74, 6) is 0.874. The van der Waals surface area contributed by atoms with E-state index in [1.807, 2.05) is 54.4 Å². The van der Waals surface area contributed by atoms with E-state index >= 15 is 0 Å². The van der Waals surface area contributed by atoms with Gasteiger partial charge in [-0.05, 0) is 42.9 Å². The highest BCUT2D eigenvalue weighted by Gasteiger charge is 2.43. The van der Waals surface area contributed by atoms with Gasteiger partial charge in [-0.25, -0.2) is 9.97 Å². The van der Waals surface area contributed by atoms with E-state index in [1.54, 1.807) is 0 Å². The standard InChI is InChI=1S/C22H27ClN4O2/c1-26(2)21-24-15-17-9-14-29-22(20(17)25-21)10-12-27(13-11-22)19(28)8-7-16-5-3-4-6-18(16)23/h3-6,15H,7-14H2,1-2H3. The molecule has 1 saturated heterocycles. The van der Waals surface area contributed by atoms with E-state index < -0.39 is 5.60 Å². The Bertz CT molecular complexity index is 894. The maximum atomic E-state index is 12.8. The van der Waals surface area contributed by atoms with Crippen LogP contribution in [0.15, 0.2) is 30.5 Å². The molecule has 0 bridgehead atoms. The summed E-state index contributed by atoms with van der Waals surface area (Å²) in [6.45, 7) is 2.04. The number of anilines is 1. The first-order valence-corrected chi connectivity index (χ1v) is 10.6. The zero-order valence-corrected chi connectivity index (χ0v) is 17.8. The molecule has 0 N–H and O–H groups in total. The Kier molecular flexibility index (Phi) is 5.74. The zero-order valence-electron chi connectivity index (χ0n) is 17.0. The number of amides is 1. The van der Waals surface area contributed by atoms with Crippen LogP contribution < -0.4 is 4.90 Å². The Hall–Kier alpha value is -2.18. The summed E-state index contributed by atoms with van der Waals surface area (Å²) in [4.78, 5) is 25.9. The predicted octanol–water partition coefficient (Wildman–Crippen LogP) is 3.22. The minimum Gasteiger partial charge on any atom is -0.368 e. The maximum absolute atomic E-state index is 12.8. The Balaban J connectivity index is 1.42. The SMILES string of the molecule is CN(C)c1ncc2c(n1)C1(CCN(C(=O)CCc3ccccc3Cl)CC1)OCC2. The molecule has 1 aromatic heterocycles. The summed E-state index contributed by atoms with van der Waals surface area (Å²) in [6.07, 6.45) is 5.44. The molecule has 1 amide bonds. The number of fused-ring (bicyclic) bond motifs is 2. The minimum absolute atomic E-state index is 0.174. The van der Waals surface area contributed by atoms with Crippen molar-refractivity contribution in [1.29, 1.82) is 0 Å². The van der Waals surface area contributed by atoms with Gasteiger partial charge in [-0.3, -0.25) is 4.79 Å². The lowest BCUT2D eigenvalue weighted by Gasteiger charge is -2.44. The molecule has 1 spiro atoms. The van der Waals surface area contributed by atoms with Gasteiger partial charge in [0.05, 0.1) is 12.3 Å². The minimum atomic E-state index is -0.402. The molecule has 2 aromatic rings. The number of ether oxygens (including phenoxy) is 1. The molecule has 0 aliphatic carbocycles. The number of hydrogen-bond donors (Lipinski definition) is 0. The van der Waals surface area contributed by atoms with E-state index in [-0.39, 0.29) is 5.91 Å². The monoisotopic (exact) mass is 414 g/mol. The van der Waals surface area contributed by atoms with Crippen molar-refractivity contribution in [2.75, 3.05) is 38.7 Å². The van der Waals surface area contributed by atoms with E-state index in [9.17, 15) is 4.79 Å². The molecule has 2 aliphatic heterocycles. The molecule has 0 saturated carbocycles. The molecule has 0 unspecified atom stereocenters. The highest BCUT2D eigenvalue weighted by atomic mass is 35.5. The fourth-order valence-electron chi connectivity index (χ4n) is 4.21. The fourth-order valence-corrected chi connectivity index (χ4v) is 4.44. The number of carbonyl (C=O) groups excluding carboxylic acids is 1. The van der Waals surface area contributed by atoms with Crippen molar-refractivity contribution in [3.63, 3.8) is 0 Å². The van der Waals surface area contributed by atoms with Gasteiger partial charge in [0.1, 0.15) is 5.60 Å². The lowest BCUT2D eigenvalue weighted by molar-refractivity contribution is -0.141. The van der Waals surface area contributed by atoms with Crippen LogP contribution in [0.5, 0.6) is 0 Å². The van der Waals surface area contributed by atoms with Gasteiger partial charge >= 0.3 is 0 Å². The lowest BCUT2D eigenvalue weighted by atomic mass is 9.83. The Morgan fingerprint density at radius 3 is 2.76 bits per heavy atom. The van der Waals surface area contributed by atoms with E-state index in [2.05, 4.69) is 4.98 Å². The summed E-state index contributed by atoms with van der Waals surface area (Å²) < 4.78 is 6.28. The number of benzene rings is 1. The van der Waals surface area contributed by atoms with Crippen molar-refractivity contribution < 1.29 is 9.53 Å². The second-order valence-corrected chi connectivity index (χ2v) is 8.41. The average Bonchev–Trinajstić information content (AvgIpc) is 2.73. The van der Waals surface area contributed by atoms with Crippen molar-refractivity contribution in [1.82, 2.24) is 14.9 Å². The van der Waals surface area contributed by atoms with E-state index in [0.29, 0.717) is 38.5 Å². The van der Waals surface area contributed by atoms with Crippen LogP contribution >= 0.6 is 11.6 Å². The van der Waals surface area contributed by atoms with Crippen LogP contribution in [-0.4, -0.2) is 54.6 Å². The van der Waals surface area contributed by atoms with Gasteiger partial charge in [0.2, 0.25) is 11.9 Å². The van der Waals surface area contributed by atoms with Gasteiger partial charge in [-0.15, -0.1) is 0 Å². The van der Waals surface area contributed by atoms with Crippen LogP contribution in [0.1, 0.15) is 36.1 Å². The Morgan fingerprint density at radius 1 is 1.28 bits per heavy atom. The number of rotatable bonds is 4. The first kappa shape index (κ1) is 20.1. The van der Waals surface area contributed by atoms with Crippen LogP contribution in [-0.2, 0) is 28.0 Å². The first-order valence-electron chi connectivity index (χ1n) is 10.2. The molecule has 1 fully saturated rings. The third-order valence-electron chi connectivity index (χ3n) is 5.92. The quantitative estimate of drug-likeness (QED) is 0.768. The van der Waals surface area contributed by atoms with Crippen LogP contribution in [0, 0.1) is 0 Å². The smallest absolute Gasteiger partial charge is 0.225 e. The molecule has 0 radical (unpaired) electrons. The van der Waals surface area contributed by atoms with Crippen molar-refractivity contribution in [3.05, 3.63) is 52.3 Å². The third-order valence-corrected chi connectivity index (χ3v) is 6.29. The number of aryl methyl sites for hydroxylation is 1. The van der Waals surface area contributed by atoms with Gasteiger partial charge in [0, 0.05) is 44.8 Å². The summed E-state index contributed by atoms with van der Waals surface area (Å²) >= 11 is 6.22. The van der Waals surface area contributed by atoms with Gasteiger partial charge in [0.15, 0.2) is 0 Å². The van der Waals surface area contributed by atoms with E-state index in [1.165, 1.54) is 5.56 Å². The number of hydrogen-bond acceptors (Lipinski definition) is 5. The zero-order chi connectivity index (χ0) is 20.4. The van der Waals surface area contributed by atoms with Crippen LogP contribution in [0.25, 0.3) is 0 Å². The molecule has 7 heteroatoms. The Morgan fingerprint density at radius 2 is 2.03 bits per heavy atom. The van der Waals surface area contributed by atoms with Crippen molar-refractivity contribution >= 4 is 23.5 Å². The molecule has 3 heterocycles. The largest absolute Gasteiger partial charge is 0.368 e. The fraction of sp³-hybridized carbons (Fsp3) is 0.500. The summed E-state index contributed by atoms with van der Waals surface area (Å²) in [6, 6.07) is 7.71.